The SMILES string of the molecule is CC(C)(C)c1cc(CN(Cc2ccccn2)Cc2ccccn2)c([O-])c(C(C)(C)C)c1.CC(C)=O.[O-]c1ccccc1CO.[Zn+2]. The number of aliphatic hydroxyl groups excluding tert-OH is 1. The molecule has 236 valence electrons. The van der Waals surface area contributed by atoms with Crippen molar-refractivity contribution in [2.75, 3.05) is 0 Å². The number of Topliss-reactive ketones (excluding diaryl/α,β-unsaturated/α-hetero) is 1. The van der Waals surface area contributed by atoms with Gasteiger partial charge in [-0.15, -0.1) is 11.5 Å². The van der Waals surface area contributed by atoms with E-state index in [9.17, 15) is 15.0 Å². The van der Waals surface area contributed by atoms with Gasteiger partial charge < -0.3 is 20.1 Å². The maximum absolute atomic E-state index is 13.5. The van der Waals surface area contributed by atoms with Gasteiger partial charge in [0.05, 0.1) is 18.0 Å². The van der Waals surface area contributed by atoms with E-state index in [1.54, 1.807) is 18.2 Å². The van der Waals surface area contributed by atoms with Crippen LogP contribution in [0.25, 0.3) is 0 Å². The Labute approximate surface area is 282 Å². The fraction of sp³-hybridized carbons (Fsp3) is 0.378. The molecule has 0 aliphatic heterocycles. The first-order chi connectivity index (χ1) is 20.6. The van der Waals surface area contributed by atoms with Gasteiger partial charge in [-0.25, -0.2) is 0 Å². The summed E-state index contributed by atoms with van der Waals surface area (Å²) in [5.41, 5.74) is 5.09. The molecule has 0 radical (unpaired) electrons. The number of para-hydroxylation sites is 1. The molecule has 1 N–H and O–H groups in total. The van der Waals surface area contributed by atoms with Crippen LogP contribution >= 0.6 is 0 Å². The van der Waals surface area contributed by atoms with Crippen molar-refractivity contribution in [3.63, 3.8) is 0 Å². The van der Waals surface area contributed by atoms with Crippen LogP contribution in [0, 0.1) is 0 Å². The molecule has 0 spiro atoms. The molecule has 0 bridgehead atoms. The van der Waals surface area contributed by atoms with Crippen molar-refractivity contribution in [1.29, 1.82) is 0 Å². The third-order valence-corrected chi connectivity index (χ3v) is 6.60. The Kier molecular flexibility index (Phi) is 16.3. The first kappa shape index (κ1) is 39.6. The average molecular weight is 663 g/mol. The van der Waals surface area contributed by atoms with Gasteiger partial charge in [-0.3, -0.25) is 14.9 Å². The second-order valence-corrected chi connectivity index (χ2v) is 13.0. The molecule has 45 heavy (non-hydrogen) atoms. The molecule has 0 atom stereocenters. The van der Waals surface area contributed by atoms with Crippen LogP contribution in [0.5, 0.6) is 11.5 Å². The van der Waals surface area contributed by atoms with Gasteiger partial charge in [0, 0.05) is 32.0 Å². The number of aromatic nitrogens is 2. The number of carbonyl (C=O) groups is 1. The Morgan fingerprint density at radius 2 is 1.22 bits per heavy atom. The quantitative estimate of drug-likeness (QED) is 0.235. The second-order valence-electron chi connectivity index (χ2n) is 13.0. The molecule has 0 unspecified atom stereocenters. The largest absolute Gasteiger partial charge is 2.00 e. The zero-order valence-electron chi connectivity index (χ0n) is 28.1. The first-order valence-corrected chi connectivity index (χ1v) is 14.8. The maximum Gasteiger partial charge on any atom is 2.00 e. The van der Waals surface area contributed by atoms with Crippen LogP contribution in [0.2, 0.25) is 0 Å². The number of ketones is 1. The second kappa shape index (κ2) is 18.5. The number of rotatable bonds is 7. The minimum Gasteiger partial charge on any atom is -0.872 e. The third kappa shape index (κ3) is 14.0. The van der Waals surface area contributed by atoms with Gasteiger partial charge in [0.25, 0.3) is 0 Å². The average Bonchev–Trinajstić information content (AvgIpc) is 2.94. The minimum absolute atomic E-state index is 0. The molecule has 0 saturated heterocycles. The third-order valence-electron chi connectivity index (χ3n) is 6.60. The monoisotopic (exact) mass is 661 g/mol. The van der Waals surface area contributed by atoms with Gasteiger partial charge in [0.1, 0.15) is 5.78 Å². The smallest absolute Gasteiger partial charge is 0.872 e. The number of nitrogens with zero attached hydrogens (tertiary/aromatic N) is 3. The number of hydrogen-bond donors (Lipinski definition) is 1. The van der Waals surface area contributed by atoms with Crippen molar-refractivity contribution in [2.45, 2.75) is 92.5 Å². The van der Waals surface area contributed by atoms with Crippen LogP contribution in [-0.2, 0) is 61.3 Å². The summed E-state index contributed by atoms with van der Waals surface area (Å²) >= 11 is 0. The minimum atomic E-state index is -0.208. The van der Waals surface area contributed by atoms with E-state index in [1.807, 2.05) is 48.8 Å². The standard InChI is InChI=1S/C27H35N3O.C7H8O2.C3H6O.Zn/c1-26(2,3)21-15-20(25(31)24(16-21)27(4,5)6)17-30(18-22-11-7-9-13-28-22)19-23-12-8-10-14-29-23;8-5-6-3-1-2-4-7(6)9;1-3(2)4;/h7-16,31H,17-19H2,1-6H3;1-4,8-9H,5H2;1-2H3;/q;;;+2/p-2. The van der Waals surface area contributed by atoms with E-state index in [4.69, 9.17) is 5.11 Å². The summed E-state index contributed by atoms with van der Waals surface area (Å²) in [6.45, 7) is 17.7. The predicted octanol–water partition coefficient (Wildman–Crippen LogP) is 6.19. The summed E-state index contributed by atoms with van der Waals surface area (Å²) in [6.07, 6.45) is 3.62. The van der Waals surface area contributed by atoms with Gasteiger partial charge in [0.2, 0.25) is 0 Å². The molecular formula is C37H47N3O4Zn. The molecule has 0 fully saturated rings. The summed E-state index contributed by atoms with van der Waals surface area (Å²) in [7, 11) is 0. The van der Waals surface area contributed by atoms with Crippen LogP contribution in [0.15, 0.2) is 85.2 Å². The summed E-state index contributed by atoms with van der Waals surface area (Å²) in [6, 6.07) is 22.5. The van der Waals surface area contributed by atoms with E-state index in [0.717, 1.165) is 22.5 Å². The maximum atomic E-state index is 13.5. The zero-order chi connectivity index (χ0) is 32.9. The van der Waals surface area contributed by atoms with Crippen LogP contribution in [0.4, 0.5) is 0 Å². The Hall–Kier alpha value is -3.45. The predicted molar refractivity (Wildman–Crippen MR) is 173 cm³/mol. The fourth-order valence-electron chi connectivity index (χ4n) is 4.28. The molecule has 4 rings (SSSR count). The van der Waals surface area contributed by atoms with Crippen molar-refractivity contribution in [3.8, 4) is 11.5 Å². The molecule has 0 amide bonds. The number of pyridine rings is 2. The molecule has 0 saturated carbocycles. The van der Waals surface area contributed by atoms with Gasteiger partial charge >= 0.3 is 19.5 Å². The van der Waals surface area contributed by atoms with Crippen LogP contribution in [0.3, 0.4) is 0 Å². The molecule has 2 heterocycles. The van der Waals surface area contributed by atoms with Crippen LogP contribution in [-0.4, -0.2) is 25.8 Å². The summed E-state index contributed by atoms with van der Waals surface area (Å²) in [4.78, 5) is 20.7. The Morgan fingerprint density at radius 1 is 0.733 bits per heavy atom. The summed E-state index contributed by atoms with van der Waals surface area (Å²) in [5.74, 6) is 0.215. The van der Waals surface area contributed by atoms with E-state index in [1.165, 1.54) is 25.5 Å². The number of carbonyl (C=O) groups excluding carboxylic acids is 1. The fourth-order valence-corrected chi connectivity index (χ4v) is 4.28. The number of hydrogen-bond acceptors (Lipinski definition) is 7. The van der Waals surface area contributed by atoms with Gasteiger partial charge in [-0.05, 0) is 71.2 Å². The van der Waals surface area contributed by atoms with E-state index < -0.39 is 0 Å². The van der Waals surface area contributed by atoms with Crippen molar-refractivity contribution in [1.82, 2.24) is 14.9 Å². The van der Waals surface area contributed by atoms with Gasteiger partial charge in [-0.2, -0.15) is 0 Å². The van der Waals surface area contributed by atoms with Gasteiger partial charge in [-0.1, -0.05) is 90.1 Å². The normalized spacial score (nSPS) is 11.0. The van der Waals surface area contributed by atoms with E-state index in [0.29, 0.717) is 25.2 Å². The van der Waals surface area contributed by atoms with E-state index in [2.05, 4.69) is 68.5 Å². The van der Waals surface area contributed by atoms with Gasteiger partial charge in [0.15, 0.2) is 0 Å². The summed E-state index contributed by atoms with van der Waals surface area (Å²) in [5, 5.41) is 32.7. The number of benzene rings is 2. The Bertz CT molecular complexity index is 1400. The van der Waals surface area contributed by atoms with Crippen molar-refractivity contribution < 1.29 is 39.6 Å². The van der Waals surface area contributed by atoms with Crippen LogP contribution in [0.1, 0.15) is 89.0 Å². The van der Waals surface area contributed by atoms with Crippen molar-refractivity contribution >= 4 is 5.78 Å². The Morgan fingerprint density at radius 3 is 1.60 bits per heavy atom. The molecule has 8 heteroatoms. The molecule has 0 aliphatic carbocycles. The zero-order valence-corrected chi connectivity index (χ0v) is 31.1. The topological polar surface area (TPSA) is 112 Å². The molecule has 2 aromatic heterocycles. The molecule has 2 aromatic carbocycles. The number of aliphatic hydroxyl groups is 1. The summed E-state index contributed by atoms with van der Waals surface area (Å²) < 4.78 is 0. The molecule has 7 nitrogen and oxygen atoms in total. The van der Waals surface area contributed by atoms with Crippen molar-refractivity contribution in [2.24, 2.45) is 0 Å². The first-order valence-electron chi connectivity index (χ1n) is 14.8. The van der Waals surface area contributed by atoms with E-state index >= 15 is 0 Å². The molecule has 4 aromatic rings. The molecule has 0 aliphatic rings. The van der Waals surface area contributed by atoms with E-state index in [-0.39, 0.29) is 54.2 Å². The molecular weight excluding hydrogens is 616 g/mol. The van der Waals surface area contributed by atoms with Crippen LogP contribution < -0.4 is 10.2 Å². The van der Waals surface area contributed by atoms with Crippen molar-refractivity contribution in [3.05, 3.63) is 119 Å². The Balaban J connectivity index is 0.000000603.